The zero-order valence-electron chi connectivity index (χ0n) is 11.8. The molecule has 0 saturated carbocycles. The topological polar surface area (TPSA) is 74.5 Å². The molecule has 0 aliphatic rings. The molecule has 0 spiro atoms. The SMILES string of the molecule is Cc1nc(-c2ccccc2OC(F)(F)F)sc1CCO[N+](=O)[O-]. The molecule has 6 nitrogen and oxygen atoms in total. The van der Waals surface area contributed by atoms with Gasteiger partial charge in [-0.3, -0.25) is 0 Å². The van der Waals surface area contributed by atoms with E-state index in [1.807, 2.05) is 0 Å². The Kier molecular flexibility index (Phi) is 5.04. The van der Waals surface area contributed by atoms with Gasteiger partial charge in [-0.1, -0.05) is 12.1 Å². The van der Waals surface area contributed by atoms with Crippen LogP contribution in [0.1, 0.15) is 10.6 Å². The molecular formula is C13H11F3N2O4S. The smallest absolute Gasteiger partial charge is 0.405 e. The molecule has 0 bridgehead atoms. The van der Waals surface area contributed by atoms with Gasteiger partial charge in [0.15, 0.2) is 0 Å². The van der Waals surface area contributed by atoms with Crippen LogP contribution in [0.15, 0.2) is 24.3 Å². The van der Waals surface area contributed by atoms with Gasteiger partial charge in [0, 0.05) is 11.3 Å². The van der Waals surface area contributed by atoms with Crippen molar-refractivity contribution in [3.05, 3.63) is 45.0 Å². The van der Waals surface area contributed by atoms with Crippen LogP contribution in [-0.4, -0.2) is 23.0 Å². The summed E-state index contributed by atoms with van der Waals surface area (Å²) < 4.78 is 41.3. The third-order valence-corrected chi connectivity index (χ3v) is 4.01. The Hall–Kier alpha value is -2.36. The van der Waals surface area contributed by atoms with Gasteiger partial charge in [0.05, 0.1) is 11.3 Å². The van der Waals surface area contributed by atoms with Crippen LogP contribution < -0.4 is 4.74 Å². The van der Waals surface area contributed by atoms with Crippen molar-refractivity contribution in [2.75, 3.05) is 6.61 Å². The standard InChI is InChI=1S/C13H11F3N2O4S/c1-8-11(6-7-21-18(19)20)23-12(17-8)9-4-2-3-5-10(9)22-13(14,15)16/h2-5H,6-7H2,1H3. The van der Waals surface area contributed by atoms with Gasteiger partial charge in [-0.15, -0.1) is 34.6 Å². The monoisotopic (exact) mass is 348 g/mol. The van der Waals surface area contributed by atoms with E-state index in [0.717, 1.165) is 11.3 Å². The zero-order valence-corrected chi connectivity index (χ0v) is 12.6. The van der Waals surface area contributed by atoms with Gasteiger partial charge in [-0.25, -0.2) is 4.98 Å². The number of ether oxygens (including phenoxy) is 1. The Morgan fingerprint density at radius 2 is 2.04 bits per heavy atom. The minimum Gasteiger partial charge on any atom is -0.405 e. The van der Waals surface area contributed by atoms with Gasteiger partial charge >= 0.3 is 6.36 Å². The average molecular weight is 348 g/mol. The van der Waals surface area contributed by atoms with Crippen molar-refractivity contribution in [2.24, 2.45) is 0 Å². The number of benzene rings is 1. The molecule has 0 aliphatic carbocycles. The number of hydrogen-bond donors (Lipinski definition) is 0. The van der Waals surface area contributed by atoms with Crippen molar-refractivity contribution in [3.8, 4) is 16.3 Å². The molecule has 2 rings (SSSR count). The Labute approximate surface area is 132 Å². The quantitative estimate of drug-likeness (QED) is 0.587. The molecule has 0 aliphatic heterocycles. The molecule has 124 valence electrons. The maximum absolute atomic E-state index is 12.4. The maximum atomic E-state index is 12.4. The second-order valence-corrected chi connectivity index (χ2v) is 5.46. The van der Waals surface area contributed by atoms with Crippen LogP contribution in [0.2, 0.25) is 0 Å². The van der Waals surface area contributed by atoms with Gasteiger partial charge in [-0.2, -0.15) is 0 Å². The first-order valence-corrected chi connectivity index (χ1v) is 7.16. The highest BCUT2D eigenvalue weighted by molar-refractivity contribution is 7.15. The van der Waals surface area contributed by atoms with E-state index in [1.165, 1.54) is 18.2 Å². The summed E-state index contributed by atoms with van der Waals surface area (Å²) in [6.07, 6.45) is -4.56. The fraction of sp³-hybridized carbons (Fsp3) is 0.308. The molecule has 0 radical (unpaired) electrons. The number of aryl methyl sites for hydroxylation is 1. The van der Waals surface area contributed by atoms with Crippen molar-refractivity contribution in [1.29, 1.82) is 0 Å². The molecule has 0 amide bonds. The lowest BCUT2D eigenvalue weighted by Gasteiger charge is -2.11. The minimum absolute atomic E-state index is 0.143. The lowest BCUT2D eigenvalue weighted by Crippen LogP contribution is -2.17. The van der Waals surface area contributed by atoms with Crippen molar-refractivity contribution >= 4 is 11.3 Å². The van der Waals surface area contributed by atoms with Gasteiger partial charge in [0.25, 0.3) is 5.09 Å². The van der Waals surface area contributed by atoms with E-state index in [-0.39, 0.29) is 24.3 Å². The Morgan fingerprint density at radius 1 is 1.35 bits per heavy atom. The molecule has 0 unspecified atom stereocenters. The molecule has 2 aromatic rings. The molecule has 23 heavy (non-hydrogen) atoms. The van der Waals surface area contributed by atoms with Gasteiger partial charge in [0.1, 0.15) is 17.4 Å². The summed E-state index contributed by atoms with van der Waals surface area (Å²) in [6.45, 7) is 1.53. The van der Waals surface area contributed by atoms with Gasteiger partial charge < -0.3 is 9.57 Å². The molecule has 1 heterocycles. The highest BCUT2D eigenvalue weighted by atomic mass is 32.1. The van der Waals surface area contributed by atoms with Crippen LogP contribution >= 0.6 is 11.3 Å². The summed E-state index contributed by atoms with van der Waals surface area (Å²) >= 11 is 1.14. The number of aromatic nitrogens is 1. The minimum atomic E-state index is -4.80. The highest BCUT2D eigenvalue weighted by Crippen LogP contribution is 2.36. The van der Waals surface area contributed by atoms with E-state index in [2.05, 4.69) is 14.6 Å². The van der Waals surface area contributed by atoms with Crippen molar-refractivity contribution in [2.45, 2.75) is 19.7 Å². The summed E-state index contributed by atoms with van der Waals surface area (Å²) in [5.74, 6) is -0.346. The second kappa shape index (κ2) is 6.82. The van der Waals surface area contributed by atoms with Crippen LogP contribution in [-0.2, 0) is 11.3 Å². The first kappa shape index (κ1) is 17.0. The van der Waals surface area contributed by atoms with E-state index in [1.54, 1.807) is 13.0 Å². The molecule has 0 N–H and O–H groups in total. The first-order chi connectivity index (χ1) is 10.8. The van der Waals surface area contributed by atoms with E-state index in [9.17, 15) is 23.3 Å². The third kappa shape index (κ3) is 4.81. The highest BCUT2D eigenvalue weighted by Gasteiger charge is 2.32. The van der Waals surface area contributed by atoms with Crippen molar-refractivity contribution < 1.29 is 27.8 Å². The maximum Gasteiger partial charge on any atom is 0.573 e. The number of halogens is 3. The van der Waals surface area contributed by atoms with E-state index in [0.29, 0.717) is 15.6 Å². The number of thiazole rings is 1. The lowest BCUT2D eigenvalue weighted by molar-refractivity contribution is -0.757. The summed E-state index contributed by atoms with van der Waals surface area (Å²) in [4.78, 5) is 19.3. The van der Waals surface area contributed by atoms with Crippen LogP contribution in [0.3, 0.4) is 0 Å². The summed E-state index contributed by atoms with van der Waals surface area (Å²) in [5.41, 5.74) is 0.790. The third-order valence-electron chi connectivity index (χ3n) is 2.76. The first-order valence-electron chi connectivity index (χ1n) is 6.35. The molecular weight excluding hydrogens is 337 g/mol. The lowest BCUT2D eigenvalue weighted by atomic mass is 10.2. The average Bonchev–Trinajstić information content (AvgIpc) is 2.78. The van der Waals surface area contributed by atoms with E-state index in [4.69, 9.17) is 0 Å². The predicted molar refractivity (Wildman–Crippen MR) is 75.6 cm³/mol. The van der Waals surface area contributed by atoms with E-state index < -0.39 is 11.4 Å². The Balaban J connectivity index is 2.24. The summed E-state index contributed by atoms with van der Waals surface area (Å²) in [5, 5.41) is 9.57. The number of para-hydroxylation sites is 1. The molecule has 10 heteroatoms. The van der Waals surface area contributed by atoms with Crippen LogP contribution in [0.25, 0.3) is 10.6 Å². The largest absolute Gasteiger partial charge is 0.573 e. The number of alkyl halides is 3. The fourth-order valence-corrected chi connectivity index (χ4v) is 2.92. The molecule has 0 fully saturated rings. The van der Waals surface area contributed by atoms with Gasteiger partial charge in [-0.05, 0) is 19.1 Å². The Bertz CT molecular complexity index is 703. The molecule has 0 atom stereocenters. The number of rotatable bonds is 6. The number of hydrogen-bond acceptors (Lipinski definition) is 6. The second-order valence-electron chi connectivity index (χ2n) is 4.38. The normalized spacial score (nSPS) is 11.3. The molecule has 1 aromatic carbocycles. The van der Waals surface area contributed by atoms with E-state index >= 15 is 0 Å². The van der Waals surface area contributed by atoms with Gasteiger partial charge in [0.2, 0.25) is 0 Å². The van der Waals surface area contributed by atoms with Crippen LogP contribution in [0.5, 0.6) is 5.75 Å². The molecule has 1 aromatic heterocycles. The zero-order chi connectivity index (χ0) is 17.0. The summed E-state index contributed by atoms with van der Waals surface area (Å²) in [7, 11) is 0. The predicted octanol–water partition coefficient (Wildman–Crippen LogP) is 3.77. The van der Waals surface area contributed by atoms with Crippen molar-refractivity contribution in [3.63, 3.8) is 0 Å². The summed E-state index contributed by atoms with van der Waals surface area (Å²) in [6, 6.07) is 5.67. The van der Waals surface area contributed by atoms with Crippen LogP contribution in [0, 0.1) is 17.0 Å². The fourth-order valence-electron chi connectivity index (χ4n) is 1.85. The molecule has 0 saturated heterocycles. The number of nitrogens with zero attached hydrogens (tertiary/aromatic N) is 2. The van der Waals surface area contributed by atoms with Crippen molar-refractivity contribution in [1.82, 2.24) is 4.98 Å². The Morgan fingerprint density at radius 3 is 2.70 bits per heavy atom. The van der Waals surface area contributed by atoms with Crippen LogP contribution in [0.4, 0.5) is 13.2 Å².